The number of hydrogen-bond acceptors (Lipinski definition) is 4. The molecule has 0 spiro atoms. The molecule has 0 bridgehead atoms. The van der Waals surface area contributed by atoms with E-state index in [1.165, 1.54) is 0 Å². The van der Waals surface area contributed by atoms with Crippen LogP contribution in [-0.2, 0) is 14.8 Å². The monoisotopic (exact) mass is 326 g/mol. The molecule has 1 aromatic rings. The Morgan fingerprint density at radius 1 is 1.23 bits per heavy atom. The molecule has 1 aliphatic rings. The largest absolute Gasteiger partial charge is 0.379 e. The van der Waals surface area contributed by atoms with E-state index in [0.717, 1.165) is 18.7 Å². The van der Waals surface area contributed by atoms with Crippen LogP contribution in [0.2, 0.25) is 0 Å². The van der Waals surface area contributed by atoms with Gasteiger partial charge in [0.2, 0.25) is 10.0 Å². The second-order valence-corrected chi connectivity index (χ2v) is 7.81. The van der Waals surface area contributed by atoms with E-state index in [1.807, 2.05) is 19.1 Å². The number of rotatable bonds is 6. The van der Waals surface area contributed by atoms with Crippen molar-refractivity contribution < 1.29 is 13.2 Å². The van der Waals surface area contributed by atoms with Gasteiger partial charge in [-0.25, -0.2) is 13.1 Å². The molecule has 1 aliphatic heterocycles. The molecule has 5 nitrogen and oxygen atoms in total. The van der Waals surface area contributed by atoms with Crippen LogP contribution in [-0.4, -0.2) is 52.2 Å². The average molecular weight is 326 g/mol. The zero-order chi connectivity index (χ0) is 16.2. The van der Waals surface area contributed by atoms with Crippen LogP contribution < -0.4 is 4.72 Å². The fraction of sp³-hybridized carbons (Fsp3) is 0.625. The molecule has 0 aromatic heterocycles. The number of nitrogens with zero attached hydrogens (tertiary/aromatic N) is 1. The Kier molecular flexibility index (Phi) is 5.97. The summed E-state index contributed by atoms with van der Waals surface area (Å²) in [7, 11) is -3.47. The van der Waals surface area contributed by atoms with Gasteiger partial charge in [0.1, 0.15) is 0 Å². The van der Waals surface area contributed by atoms with E-state index in [-0.39, 0.29) is 6.04 Å². The zero-order valence-corrected chi connectivity index (χ0v) is 14.4. The number of benzene rings is 1. The Bertz CT molecular complexity index is 581. The first-order chi connectivity index (χ1) is 10.4. The Morgan fingerprint density at radius 2 is 1.86 bits per heavy atom. The molecule has 1 atom stereocenters. The standard InChI is InChI=1S/C16H26N2O3S/c1-13(2)15(18-8-10-21-11-9-18)12-17-22(19,20)16-7-5-4-6-14(16)3/h4-7,13,15,17H,8-12H2,1-3H3. The summed E-state index contributed by atoms with van der Waals surface area (Å²) in [6.45, 7) is 9.64. The van der Waals surface area contributed by atoms with Gasteiger partial charge in [-0.15, -0.1) is 0 Å². The summed E-state index contributed by atoms with van der Waals surface area (Å²) in [6.07, 6.45) is 0. The molecule has 124 valence electrons. The van der Waals surface area contributed by atoms with Crippen molar-refractivity contribution in [2.75, 3.05) is 32.8 Å². The topological polar surface area (TPSA) is 58.6 Å². The van der Waals surface area contributed by atoms with Crippen molar-refractivity contribution in [2.24, 2.45) is 5.92 Å². The fourth-order valence-corrected chi connectivity index (χ4v) is 4.12. The van der Waals surface area contributed by atoms with Crippen LogP contribution in [0.3, 0.4) is 0 Å². The van der Waals surface area contributed by atoms with Crippen molar-refractivity contribution >= 4 is 10.0 Å². The van der Waals surface area contributed by atoms with Gasteiger partial charge < -0.3 is 4.74 Å². The molecule has 22 heavy (non-hydrogen) atoms. The number of aryl methyl sites for hydroxylation is 1. The molecular formula is C16H26N2O3S. The summed E-state index contributed by atoms with van der Waals surface area (Å²) in [5.41, 5.74) is 0.766. The molecule has 0 amide bonds. The predicted molar refractivity (Wildman–Crippen MR) is 87.4 cm³/mol. The summed E-state index contributed by atoms with van der Waals surface area (Å²) in [5.74, 6) is 0.373. The number of morpholine rings is 1. The maximum Gasteiger partial charge on any atom is 0.240 e. The summed E-state index contributed by atoms with van der Waals surface area (Å²) in [5, 5.41) is 0. The summed E-state index contributed by atoms with van der Waals surface area (Å²) >= 11 is 0. The third kappa shape index (κ3) is 4.29. The van der Waals surface area contributed by atoms with Crippen molar-refractivity contribution in [3.05, 3.63) is 29.8 Å². The third-order valence-electron chi connectivity index (χ3n) is 4.15. The molecule has 1 N–H and O–H groups in total. The lowest BCUT2D eigenvalue weighted by molar-refractivity contribution is 0.00776. The quantitative estimate of drug-likeness (QED) is 0.863. The second-order valence-electron chi connectivity index (χ2n) is 6.08. The third-order valence-corrected chi connectivity index (χ3v) is 5.73. The molecule has 1 fully saturated rings. The van der Waals surface area contributed by atoms with Crippen LogP contribution in [0.5, 0.6) is 0 Å². The first-order valence-electron chi connectivity index (χ1n) is 7.79. The van der Waals surface area contributed by atoms with Crippen molar-refractivity contribution in [1.29, 1.82) is 0 Å². The highest BCUT2D eigenvalue weighted by molar-refractivity contribution is 7.89. The zero-order valence-electron chi connectivity index (χ0n) is 13.6. The van der Waals surface area contributed by atoms with E-state index in [0.29, 0.717) is 30.6 Å². The highest BCUT2D eigenvalue weighted by Crippen LogP contribution is 2.16. The summed E-state index contributed by atoms with van der Waals surface area (Å²) in [6, 6.07) is 7.25. The Balaban J connectivity index is 2.07. The van der Waals surface area contributed by atoms with Crippen molar-refractivity contribution in [2.45, 2.75) is 31.7 Å². The van der Waals surface area contributed by atoms with E-state index in [4.69, 9.17) is 4.74 Å². The molecular weight excluding hydrogens is 300 g/mol. The molecule has 0 radical (unpaired) electrons. The van der Waals surface area contributed by atoms with Crippen molar-refractivity contribution in [3.63, 3.8) is 0 Å². The van der Waals surface area contributed by atoms with E-state index in [1.54, 1.807) is 12.1 Å². The molecule has 2 rings (SSSR count). The van der Waals surface area contributed by atoms with Gasteiger partial charge in [-0.3, -0.25) is 4.90 Å². The second kappa shape index (κ2) is 7.55. The van der Waals surface area contributed by atoms with Gasteiger partial charge in [0.15, 0.2) is 0 Å². The SMILES string of the molecule is Cc1ccccc1S(=O)(=O)NCC(C(C)C)N1CCOCC1. The Hall–Kier alpha value is -0.950. The normalized spacial score (nSPS) is 18.5. The lowest BCUT2D eigenvalue weighted by Gasteiger charge is -2.36. The molecule has 1 heterocycles. The van der Waals surface area contributed by atoms with Crippen LogP contribution in [0, 0.1) is 12.8 Å². The number of ether oxygens (including phenoxy) is 1. The van der Waals surface area contributed by atoms with Gasteiger partial charge in [-0.05, 0) is 24.5 Å². The Labute approximate surface area is 133 Å². The highest BCUT2D eigenvalue weighted by atomic mass is 32.2. The van der Waals surface area contributed by atoms with Crippen LogP contribution in [0.4, 0.5) is 0 Å². The minimum Gasteiger partial charge on any atom is -0.379 e. The van der Waals surface area contributed by atoms with Crippen molar-refractivity contribution in [1.82, 2.24) is 9.62 Å². The molecule has 1 unspecified atom stereocenters. The van der Waals surface area contributed by atoms with E-state index >= 15 is 0 Å². The fourth-order valence-electron chi connectivity index (χ4n) is 2.83. The number of sulfonamides is 1. The van der Waals surface area contributed by atoms with Gasteiger partial charge in [-0.2, -0.15) is 0 Å². The van der Waals surface area contributed by atoms with Crippen LogP contribution >= 0.6 is 0 Å². The molecule has 1 saturated heterocycles. The average Bonchev–Trinajstić information content (AvgIpc) is 2.48. The summed E-state index contributed by atoms with van der Waals surface area (Å²) in [4.78, 5) is 2.67. The van der Waals surface area contributed by atoms with Gasteiger partial charge >= 0.3 is 0 Å². The Morgan fingerprint density at radius 3 is 2.45 bits per heavy atom. The van der Waals surface area contributed by atoms with Gasteiger partial charge in [0.05, 0.1) is 18.1 Å². The first kappa shape index (κ1) is 17.4. The van der Waals surface area contributed by atoms with E-state index < -0.39 is 10.0 Å². The maximum absolute atomic E-state index is 12.5. The lowest BCUT2D eigenvalue weighted by atomic mass is 10.0. The smallest absolute Gasteiger partial charge is 0.240 e. The summed E-state index contributed by atoms with van der Waals surface area (Å²) < 4.78 is 33.2. The van der Waals surface area contributed by atoms with Crippen LogP contribution in [0.25, 0.3) is 0 Å². The van der Waals surface area contributed by atoms with E-state index in [9.17, 15) is 8.42 Å². The number of nitrogens with one attached hydrogen (secondary N) is 1. The number of hydrogen-bond donors (Lipinski definition) is 1. The molecule has 1 aromatic carbocycles. The van der Waals surface area contributed by atoms with Gasteiger partial charge in [-0.1, -0.05) is 32.0 Å². The lowest BCUT2D eigenvalue weighted by Crippen LogP contribution is -2.51. The van der Waals surface area contributed by atoms with Gasteiger partial charge in [0.25, 0.3) is 0 Å². The van der Waals surface area contributed by atoms with E-state index in [2.05, 4.69) is 23.5 Å². The molecule has 6 heteroatoms. The van der Waals surface area contributed by atoms with Crippen LogP contribution in [0.1, 0.15) is 19.4 Å². The minimum atomic E-state index is -3.47. The van der Waals surface area contributed by atoms with Gasteiger partial charge in [0, 0.05) is 25.7 Å². The maximum atomic E-state index is 12.5. The van der Waals surface area contributed by atoms with Crippen molar-refractivity contribution in [3.8, 4) is 0 Å². The predicted octanol–water partition coefficient (Wildman–Crippen LogP) is 1.63. The highest BCUT2D eigenvalue weighted by Gasteiger charge is 2.26. The minimum absolute atomic E-state index is 0.183. The van der Waals surface area contributed by atoms with Crippen LogP contribution in [0.15, 0.2) is 29.2 Å². The molecule has 0 aliphatic carbocycles. The molecule has 0 saturated carbocycles. The first-order valence-corrected chi connectivity index (χ1v) is 9.27.